The molecule has 36 heavy (non-hydrogen) atoms. The number of nitrogens with zero attached hydrogens (tertiary/aromatic N) is 3. The predicted molar refractivity (Wildman–Crippen MR) is 130 cm³/mol. The summed E-state index contributed by atoms with van der Waals surface area (Å²) in [5.74, 6) is 0.397. The molecule has 0 fully saturated rings. The summed E-state index contributed by atoms with van der Waals surface area (Å²) < 4.78 is 45.7. The Hall–Kier alpha value is -3.98. The third kappa shape index (κ3) is 5.46. The van der Waals surface area contributed by atoms with Gasteiger partial charge in [-0.3, -0.25) is 4.79 Å². The predicted octanol–water partition coefficient (Wildman–Crippen LogP) is 7.13. The second-order valence-corrected chi connectivity index (χ2v) is 8.15. The van der Waals surface area contributed by atoms with Crippen LogP contribution >= 0.6 is 11.6 Å². The van der Waals surface area contributed by atoms with E-state index in [1.807, 2.05) is 6.92 Å². The number of pyridine rings is 1. The highest BCUT2D eigenvalue weighted by molar-refractivity contribution is 6.32. The molecule has 2 aromatic carbocycles. The van der Waals surface area contributed by atoms with E-state index < -0.39 is 17.6 Å². The van der Waals surface area contributed by atoms with Crippen LogP contribution in [0.1, 0.15) is 34.2 Å². The number of benzene rings is 2. The largest absolute Gasteiger partial charge is 0.437 e. The Balaban J connectivity index is 1.62. The molecule has 2 aromatic heterocycles. The summed E-state index contributed by atoms with van der Waals surface area (Å²) in [7, 11) is 0. The lowest BCUT2D eigenvalue weighted by Crippen LogP contribution is -2.15. The van der Waals surface area contributed by atoms with Gasteiger partial charge in [0.1, 0.15) is 11.6 Å². The van der Waals surface area contributed by atoms with Gasteiger partial charge in [-0.2, -0.15) is 13.2 Å². The number of halogens is 4. The quantitative estimate of drug-likeness (QED) is 0.297. The van der Waals surface area contributed by atoms with Crippen molar-refractivity contribution in [3.8, 4) is 22.9 Å². The van der Waals surface area contributed by atoms with E-state index in [0.29, 0.717) is 23.5 Å². The van der Waals surface area contributed by atoms with Crippen LogP contribution in [0, 0.1) is 6.92 Å². The molecule has 6 nitrogen and oxygen atoms in total. The van der Waals surface area contributed by atoms with Crippen LogP contribution in [-0.2, 0) is 12.6 Å². The van der Waals surface area contributed by atoms with Gasteiger partial charge in [0.25, 0.3) is 5.91 Å². The van der Waals surface area contributed by atoms with E-state index in [1.54, 1.807) is 30.6 Å². The molecule has 1 amide bonds. The van der Waals surface area contributed by atoms with Crippen LogP contribution in [0.15, 0.2) is 67.0 Å². The summed E-state index contributed by atoms with van der Waals surface area (Å²) in [6.07, 6.45) is -0.694. The van der Waals surface area contributed by atoms with E-state index in [9.17, 15) is 18.0 Å². The van der Waals surface area contributed by atoms with Gasteiger partial charge in [-0.05, 0) is 61.0 Å². The Labute approximate surface area is 210 Å². The standard InChI is InChI=1S/C26H20ClF3N4O2/c1-3-23-31-13-11-21(33-23)17-6-5-12-32-25(17)36-22-14-16(9-10-19(22)27)24(35)34-20-8-4-7-18(15(20)2)26(28,29)30/h4-14H,3H2,1-2H3,(H,34,35). The molecule has 0 aliphatic heterocycles. The Morgan fingerprint density at radius 3 is 2.61 bits per heavy atom. The summed E-state index contributed by atoms with van der Waals surface area (Å²) in [5, 5.41) is 2.75. The number of nitrogens with one attached hydrogen (secondary N) is 1. The zero-order chi connectivity index (χ0) is 25.9. The molecule has 0 unspecified atom stereocenters. The van der Waals surface area contributed by atoms with Crippen LogP contribution in [0.5, 0.6) is 11.6 Å². The molecule has 0 atom stereocenters. The number of amides is 1. The fourth-order valence-electron chi connectivity index (χ4n) is 3.49. The number of hydrogen-bond donors (Lipinski definition) is 1. The lowest BCUT2D eigenvalue weighted by atomic mass is 10.1. The van der Waals surface area contributed by atoms with E-state index in [-0.39, 0.29) is 33.5 Å². The molecular weight excluding hydrogens is 493 g/mol. The fraction of sp³-hybridized carbons (Fsp3) is 0.154. The first-order valence-corrected chi connectivity index (χ1v) is 11.3. The highest BCUT2D eigenvalue weighted by Gasteiger charge is 2.33. The lowest BCUT2D eigenvalue weighted by molar-refractivity contribution is -0.138. The minimum Gasteiger partial charge on any atom is -0.437 e. The highest BCUT2D eigenvalue weighted by Crippen LogP contribution is 2.36. The van der Waals surface area contributed by atoms with Crippen molar-refractivity contribution in [3.63, 3.8) is 0 Å². The van der Waals surface area contributed by atoms with Crippen LogP contribution in [0.3, 0.4) is 0 Å². The third-order valence-electron chi connectivity index (χ3n) is 5.36. The fourth-order valence-corrected chi connectivity index (χ4v) is 3.64. The monoisotopic (exact) mass is 512 g/mol. The van der Waals surface area contributed by atoms with Gasteiger partial charge >= 0.3 is 6.18 Å². The van der Waals surface area contributed by atoms with Crippen LogP contribution in [0.2, 0.25) is 5.02 Å². The third-order valence-corrected chi connectivity index (χ3v) is 5.67. The summed E-state index contributed by atoms with van der Waals surface area (Å²) in [5.41, 5.74) is 0.487. The van der Waals surface area contributed by atoms with Crippen LogP contribution in [0.25, 0.3) is 11.3 Å². The minimum absolute atomic E-state index is 0.0507. The molecule has 0 aliphatic carbocycles. The van der Waals surface area contributed by atoms with Crippen LogP contribution in [0.4, 0.5) is 18.9 Å². The van der Waals surface area contributed by atoms with Gasteiger partial charge in [0.15, 0.2) is 0 Å². The van der Waals surface area contributed by atoms with Crippen molar-refractivity contribution >= 4 is 23.2 Å². The van der Waals surface area contributed by atoms with Crippen molar-refractivity contribution in [2.75, 3.05) is 5.32 Å². The SMILES string of the molecule is CCc1nccc(-c2cccnc2Oc2cc(C(=O)Nc3cccc(C(F)(F)F)c3C)ccc2Cl)n1. The normalized spacial score (nSPS) is 11.3. The number of aryl methyl sites for hydroxylation is 1. The molecule has 10 heteroatoms. The zero-order valence-corrected chi connectivity index (χ0v) is 20.0. The average Bonchev–Trinajstić information content (AvgIpc) is 2.86. The van der Waals surface area contributed by atoms with Gasteiger partial charge in [0, 0.05) is 30.1 Å². The lowest BCUT2D eigenvalue weighted by Gasteiger charge is -2.15. The van der Waals surface area contributed by atoms with E-state index >= 15 is 0 Å². The first kappa shape index (κ1) is 25.1. The topological polar surface area (TPSA) is 77.0 Å². The van der Waals surface area contributed by atoms with Crippen molar-refractivity contribution in [2.45, 2.75) is 26.4 Å². The van der Waals surface area contributed by atoms with Crippen molar-refractivity contribution < 1.29 is 22.7 Å². The van der Waals surface area contributed by atoms with E-state index in [1.165, 1.54) is 37.3 Å². The summed E-state index contributed by atoms with van der Waals surface area (Å²) in [6, 6.07) is 13.2. The number of anilines is 1. The highest BCUT2D eigenvalue weighted by atomic mass is 35.5. The number of aromatic nitrogens is 3. The molecule has 0 saturated carbocycles. The molecule has 0 radical (unpaired) electrons. The molecule has 0 bridgehead atoms. The molecule has 1 N–H and O–H groups in total. The molecule has 0 saturated heterocycles. The zero-order valence-electron chi connectivity index (χ0n) is 19.2. The maximum absolute atomic E-state index is 13.2. The Bertz CT molecular complexity index is 1430. The van der Waals surface area contributed by atoms with Gasteiger partial charge in [-0.1, -0.05) is 24.6 Å². The van der Waals surface area contributed by atoms with Gasteiger partial charge in [0.05, 0.1) is 21.8 Å². The Morgan fingerprint density at radius 1 is 1.06 bits per heavy atom. The maximum atomic E-state index is 13.2. The molecule has 2 heterocycles. The van der Waals surface area contributed by atoms with Crippen molar-refractivity contribution in [3.05, 3.63) is 94.5 Å². The Kier molecular flexibility index (Phi) is 7.21. The first-order valence-electron chi connectivity index (χ1n) is 10.9. The number of alkyl halides is 3. The molecule has 184 valence electrons. The number of carbonyl (C=O) groups excluding carboxylic acids is 1. The van der Waals surface area contributed by atoms with Crippen molar-refractivity contribution in [1.82, 2.24) is 15.0 Å². The summed E-state index contributed by atoms with van der Waals surface area (Å²) in [4.78, 5) is 25.9. The van der Waals surface area contributed by atoms with E-state index in [0.717, 1.165) is 6.07 Å². The van der Waals surface area contributed by atoms with Gasteiger partial charge in [-0.15, -0.1) is 0 Å². The smallest absolute Gasteiger partial charge is 0.416 e. The van der Waals surface area contributed by atoms with Gasteiger partial charge in [-0.25, -0.2) is 15.0 Å². The Morgan fingerprint density at radius 2 is 1.86 bits per heavy atom. The first-order chi connectivity index (χ1) is 17.2. The number of ether oxygens (including phenoxy) is 1. The van der Waals surface area contributed by atoms with Crippen molar-refractivity contribution in [2.24, 2.45) is 0 Å². The van der Waals surface area contributed by atoms with Crippen molar-refractivity contribution in [1.29, 1.82) is 0 Å². The number of carbonyl (C=O) groups is 1. The van der Waals surface area contributed by atoms with Gasteiger partial charge < -0.3 is 10.1 Å². The summed E-state index contributed by atoms with van der Waals surface area (Å²) >= 11 is 6.32. The van der Waals surface area contributed by atoms with Gasteiger partial charge in [0.2, 0.25) is 5.88 Å². The van der Waals surface area contributed by atoms with E-state index in [2.05, 4.69) is 20.3 Å². The molecule has 0 aliphatic rings. The van der Waals surface area contributed by atoms with Crippen LogP contribution in [-0.4, -0.2) is 20.9 Å². The maximum Gasteiger partial charge on any atom is 0.416 e. The number of rotatable bonds is 6. The van der Waals surface area contributed by atoms with Crippen LogP contribution < -0.4 is 10.1 Å². The molecular formula is C26H20ClF3N4O2. The number of hydrogen-bond acceptors (Lipinski definition) is 5. The molecule has 4 aromatic rings. The summed E-state index contributed by atoms with van der Waals surface area (Å²) in [6.45, 7) is 3.24. The molecule has 0 spiro atoms. The second kappa shape index (κ2) is 10.3. The second-order valence-electron chi connectivity index (χ2n) is 7.75. The molecule has 4 rings (SSSR count). The minimum atomic E-state index is -4.53. The average molecular weight is 513 g/mol. The van der Waals surface area contributed by atoms with E-state index in [4.69, 9.17) is 16.3 Å².